The minimum Gasteiger partial charge on any atom is -0.444 e. The first kappa shape index (κ1) is 32.9. The van der Waals surface area contributed by atoms with Crippen molar-refractivity contribution in [3.05, 3.63) is 88.4 Å². The van der Waals surface area contributed by atoms with Gasteiger partial charge in [-0.05, 0) is 98.9 Å². The molecule has 46 heavy (non-hydrogen) atoms. The average Bonchev–Trinajstić information content (AvgIpc) is 3.40. The Morgan fingerprint density at radius 1 is 0.957 bits per heavy atom. The van der Waals surface area contributed by atoms with E-state index in [1.165, 1.54) is 16.9 Å². The number of anilines is 1. The predicted octanol–water partition coefficient (Wildman–Crippen LogP) is 8.05. The lowest BCUT2D eigenvalue weighted by atomic mass is 9.71. The minimum atomic E-state index is -0.679. The molecule has 5 rings (SSSR count). The highest BCUT2D eigenvalue weighted by molar-refractivity contribution is 7.20. The molecule has 3 amide bonds. The number of rotatable bonds is 7. The maximum atomic E-state index is 13.7. The number of para-hydroxylation sites is 1. The summed E-state index contributed by atoms with van der Waals surface area (Å²) >= 11 is 1.36. The number of nitrogens with one attached hydrogen (secondary N) is 3. The first-order valence-electron chi connectivity index (χ1n) is 15.6. The van der Waals surface area contributed by atoms with Gasteiger partial charge in [-0.3, -0.25) is 10.1 Å². The summed E-state index contributed by atoms with van der Waals surface area (Å²) in [5.41, 5.74) is 3.07. The van der Waals surface area contributed by atoms with Crippen LogP contribution in [0.1, 0.15) is 80.5 Å². The molecule has 0 fully saturated rings. The number of thiophene rings is 1. The number of aryl methyl sites for hydroxylation is 1. The second-order valence-electron chi connectivity index (χ2n) is 13.8. The van der Waals surface area contributed by atoms with Crippen LogP contribution in [0, 0.1) is 11.3 Å². The number of nitrogens with zero attached hydrogens (tertiary/aromatic N) is 1. The summed E-state index contributed by atoms with van der Waals surface area (Å²) in [7, 11) is 0. The van der Waals surface area contributed by atoms with E-state index in [1.807, 2.05) is 18.2 Å². The smallest absolute Gasteiger partial charge is 0.417 e. The van der Waals surface area contributed by atoms with Crippen LogP contribution < -0.4 is 20.7 Å². The van der Waals surface area contributed by atoms with Crippen LogP contribution in [0.2, 0.25) is 0 Å². The van der Waals surface area contributed by atoms with Gasteiger partial charge < -0.3 is 20.1 Å². The van der Waals surface area contributed by atoms with Gasteiger partial charge >= 0.3 is 12.2 Å². The minimum absolute atomic E-state index is 0.0597. The zero-order valence-corrected chi connectivity index (χ0v) is 28.0. The monoisotopic (exact) mass is 642 g/mol. The quantitative estimate of drug-likeness (QED) is 0.188. The van der Waals surface area contributed by atoms with Gasteiger partial charge in [0.05, 0.1) is 10.9 Å². The largest absolute Gasteiger partial charge is 0.444 e. The van der Waals surface area contributed by atoms with Gasteiger partial charge in [-0.25, -0.2) is 14.6 Å². The molecule has 2 aromatic heterocycles. The van der Waals surface area contributed by atoms with E-state index in [4.69, 9.17) is 14.5 Å². The third kappa shape index (κ3) is 8.63. The number of hydrogen-bond donors (Lipinski definition) is 3. The zero-order valence-electron chi connectivity index (χ0n) is 27.2. The Hall–Kier alpha value is -4.44. The van der Waals surface area contributed by atoms with E-state index in [-0.39, 0.29) is 17.9 Å². The SMILES string of the molecule is CC(C)(C)OC(=O)NC[C@@H](NC(=O)c1cc2cc3c(nc2s1)CC[C@@H](C(C)(C)C)C3)c1cccc(NC(=O)Oc2ccccc2)c1. The molecule has 2 heterocycles. The maximum absolute atomic E-state index is 13.7. The van der Waals surface area contributed by atoms with E-state index < -0.39 is 23.8 Å². The van der Waals surface area contributed by atoms with Gasteiger partial charge in [0.15, 0.2) is 0 Å². The normalized spacial score (nSPS) is 15.4. The van der Waals surface area contributed by atoms with Crippen LogP contribution in [0.3, 0.4) is 0 Å². The fraction of sp³-hybridized carbons (Fsp3) is 0.389. The zero-order chi connectivity index (χ0) is 33.1. The van der Waals surface area contributed by atoms with Crippen molar-refractivity contribution in [2.24, 2.45) is 11.3 Å². The lowest BCUT2D eigenvalue weighted by Crippen LogP contribution is -2.40. The Morgan fingerprint density at radius 3 is 2.43 bits per heavy atom. The highest BCUT2D eigenvalue weighted by Gasteiger charge is 2.30. The average molecular weight is 643 g/mol. The van der Waals surface area contributed by atoms with Gasteiger partial charge in [-0.15, -0.1) is 11.3 Å². The van der Waals surface area contributed by atoms with Gasteiger partial charge in [0.1, 0.15) is 16.2 Å². The number of hydrogen-bond acceptors (Lipinski definition) is 7. The number of aromatic nitrogens is 1. The molecule has 0 unspecified atom stereocenters. The number of carbonyl (C=O) groups excluding carboxylic acids is 3. The van der Waals surface area contributed by atoms with Crippen molar-refractivity contribution < 1.29 is 23.9 Å². The molecule has 0 saturated heterocycles. The van der Waals surface area contributed by atoms with E-state index in [0.29, 0.717) is 27.8 Å². The molecule has 0 aliphatic heterocycles. The Kier molecular flexibility index (Phi) is 9.67. The molecule has 2 aromatic carbocycles. The topological polar surface area (TPSA) is 119 Å². The Bertz CT molecular complexity index is 1720. The molecular formula is C36H42N4O5S. The molecule has 2 atom stereocenters. The number of benzene rings is 2. The number of pyridine rings is 1. The summed E-state index contributed by atoms with van der Waals surface area (Å²) < 4.78 is 10.8. The van der Waals surface area contributed by atoms with Crippen molar-refractivity contribution in [2.75, 3.05) is 11.9 Å². The van der Waals surface area contributed by atoms with Crippen molar-refractivity contribution in [3.8, 4) is 5.75 Å². The number of ether oxygens (including phenoxy) is 2. The van der Waals surface area contributed by atoms with Gasteiger partial charge in [0, 0.05) is 23.3 Å². The van der Waals surface area contributed by atoms with Crippen molar-refractivity contribution in [2.45, 2.75) is 72.4 Å². The molecular weight excluding hydrogens is 600 g/mol. The van der Waals surface area contributed by atoms with Crippen LogP contribution in [0.5, 0.6) is 5.75 Å². The molecule has 4 aromatic rings. The summed E-state index contributed by atoms with van der Waals surface area (Å²) in [6.07, 6.45) is 1.79. The number of alkyl carbamates (subject to hydrolysis) is 1. The maximum Gasteiger partial charge on any atom is 0.417 e. The molecule has 1 aliphatic carbocycles. The molecule has 3 N–H and O–H groups in total. The van der Waals surface area contributed by atoms with Gasteiger partial charge in [0.2, 0.25) is 0 Å². The van der Waals surface area contributed by atoms with Gasteiger partial charge in [-0.1, -0.05) is 51.1 Å². The second-order valence-corrected chi connectivity index (χ2v) is 14.8. The standard InChI is InChI=1S/C36H42N4O5S/c1-35(2,3)25-15-16-28-23(18-25)17-24-20-30(46-32(24)40-28)31(41)39-29(21-37-33(42)45-36(4,5)6)22-11-10-12-26(19-22)38-34(43)44-27-13-8-7-9-14-27/h7-14,17,19-20,25,29H,15-16,18,21H2,1-6H3,(H,37,42)(H,38,43)(H,39,41)/t25-,29-/m1/s1. The molecule has 0 saturated carbocycles. The fourth-order valence-corrected chi connectivity index (χ4v) is 6.47. The Morgan fingerprint density at radius 2 is 1.72 bits per heavy atom. The van der Waals surface area contributed by atoms with Crippen LogP contribution in [-0.4, -0.2) is 35.2 Å². The molecule has 0 bridgehead atoms. The summed E-state index contributed by atoms with van der Waals surface area (Å²) in [6, 6.07) is 19.2. The molecule has 10 heteroatoms. The van der Waals surface area contributed by atoms with E-state index in [9.17, 15) is 14.4 Å². The Balaban J connectivity index is 1.35. The van der Waals surface area contributed by atoms with E-state index in [2.05, 4.69) is 42.8 Å². The first-order valence-corrected chi connectivity index (χ1v) is 16.4. The van der Waals surface area contributed by atoms with Gasteiger partial charge in [-0.2, -0.15) is 0 Å². The fourth-order valence-electron chi connectivity index (χ4n) is 5.53. The van der Waals surface area contributed by atoms with E-state index in [1.54, 1.807) is 63.2 Å². The van der Waals surface area contributed by atoms with Crippen molar-refractivity contribution >= 4 is 45.3 Å². The molecule has 242 valence electrons. The van der Waals surface area contributed by atoms with Crippen LogP contribution in [0.4, 0.5) is 15.3 Å². The number of fused-ring (bicyclic) bond motifs is 2. The summed E-state index contributed by atoms with van der Waals surface area (Å²) in [5.74, 6) is 0.714. The highest BCUT2D eigenvalue weighted by atomic mass is 32.1. The summed E-state index contributed by atoms with van der Waals surface area (Å²) in [5, 5.41) is 9.53. The van der Waals surface area contributed by atoms with Crippen molar-refractivity contribution in [3.63, 3.8) is 0 Å². The van der Waals surface area contributed by atoms with Crippen LogP contribution in [0.15, 0.2) is 66.7 Å². The predicted molar refractivity (Wildman–Crippen MR) is 182 cm³/mol. The molecule has 0 radical (unpaired) electrons. The summed E-state index contributed by atoms with van der Waals surface area (Å²) in [6.45, 7) is 12.3. The Labute approximate surface area is 274 Å². The summed E-state index contributed by atoms with van der Waals surface area (Å²) in [4.78, 5) is 45.1. The molecule has 9 nitrogen and oxygen atoms in total. The highest BCUT2D eigenvalue weighted by Crippen LogP contribution is 2.38. The third-order valence-electron chi connectivity index (χ3n) is 7.97. The number of amides is 3. The second kappa shape index (κ2) is 13.5. The molecule has 0 spiro atoms. The van der Waals surface area contributed by atoms with E-state index >= 15 is 0 Å². The van der Waals surface area contributed by atoms with Crippen molar-refractivity contribution in [1.82, 2.24) is 15.6 Å². The van der Waals surface area contributed by atoms with Crippen LogP contribution >= 0.6 is 11.3 Å². The lowest BCUT2D eigenvalue weighted by molar-refractivity contribution is 0.0520. The molecule has 1 aliphatic rings. The van der Waals surface area contributed by atoms with Crippen LogP contribution in [-0.2, 0) is 17.6 Å². The number of carbonyl (C=O) groups is 3. The third-order valence-corrected chi connectivity index (χ3v) is 9.01. The lowest BCUT2D eigenvalue weighted by Gasteiger charge is -2.34. The van der Waals surface area contributed by atoms with Crippen LogP contribution in [0.25, 0.3) is 10.2 Å². The van der Waals surface area contributed by atoms with Gasteiger partial charge in [0.25, 0.3) is 5.91 Å². The van der Waals surface area contributed by atoms with E-state index in [0.717, 1.165) is 35.2 Å². The van der Waals surface area contributed by atoms with Crippen molar-refractivity contribution in [1.29, 1.82) is 0 Å². The first-order chi connectivity index (χ1) is 21.7.